The van der Waals surface area contributed by atoms with Crippen molar-refractivity contribution >= 4 is 24.6 Å². The van der Waals surface area contributed by atoms with Gasteiger partial charge in [-0.25, -0.2) is 0 Å². The summed E-state index contributed by atoms with van der Waals surface area (Å²) in [6.07, 6.45) is 2.78. The second-order valence-corrected chi connectivity index (χ2v) is 6.14. The van der Waals surface area contributed by atoms with E-state index in [0.29, 0.717) is 5.56 Å². The van der Waals surface area contributed by atoms with E-state index in [1.165, 1.54) is 6.08 Å². The quantitative estimate of drug-likeness (QED) is 0.647. The van der Waals surface area contributed by atoms with E-state index in [1.54, 1.807) is 24.3 Å². The van der Waals surface area contributed by atoms with Gasteiger partial charge in [-0.3, -0.25) is 4.79 Å². The van der Waals surface area contributed by atoms with Gasteiger partial charge in [0.15, 0.2) is 0 Å². The van der Waals surface area contributed by atoms with Crippen molar-refractivity contribution in [1.82, 2.24) is 0 Å². The highest BCUT2D eigenvalue weighted by Gasteiger charge is 2.52. The van der Waals surface area contributed by atoms with Crippen molar-refractivity contribution in [3.05, 3.63) is 29.8 Å². The Hall–Kier alpha value is -1.79. The second-order valence-electron chi connectivity index (χ2n) is 6.14. The van der Waals surface area contributed by atoms with Crippen LogP contribution in [0.2, 0.25) is 0 Å². The van der Waals surface area contributed by atoms with Crippen molar-refractivity contribution in [1.29, 1.82) is 0 Å². The Morgan fingerprint density at radius 2 is 1.81 bits per heavy atom. The number of amides is 1. The lowest BCUT2D eigenvalue weighted by molar-refractivity contribution is -0.113. The number of benzene rings is 1. The average molecular weight is 289 g/mol. The highest BCUT2D eigenvalue weighted by Crippen LogP contribution is 2.36. The molecule has 0 aromatic heterocycles. The summed E-state index contributed by atoms with van der Waals surface area (Å²) < 4.78 is 12.0. The smallest absolute Gasteiger partial charge is 0.495 e. The zero-order valence-electron chi connectivity index (χ0n) is 12.7. The Morgan fingerprint density at radius 1 is 1.24 bits per heavy atom. The normalized spacial score (nSPS) is 20.1. The predicted molar refractivity (Wildman–Crippen MR) is 82.1 cm³/mol. The van der Waals surface area contributed by atoms with Crippen LogP contribution in [0.5, 0.6) is 5.75 Å². The van der Waals surface area contributed by atoms with Gasteiger partial charge in [-0.15, -0.1) is 0 Å². The van der Waals surface area contributed by atoms with Crippen molar-refractivity contribution in [3.8, 4) is 5.75 Å². The standard InChI is InChI=1S/C15H20BNO4/c1-14(2)15(3,4)21-16(20-14)12-7-6-11(18)9-10(12)5-8-13(17)19/h5-9,18H,1-4H3,(H2,17,19). The number of primary amides is 1. The average Bonchev–Trinajstić information content (AvgIpc) is 2.55. The summed E-state index contributed by atoms with van der Waals surface area (Å²) in [5.41, 5.74) is 5.57. The van der Waals surface area contributed by atoms with E-state index in [2.05, 4.69) is 0 Å². The highest BCUT2D eigenvalue weighted by atomic mass is 16.7. The van der Waals surface area contributed by atoms with E-state index < -0.39 is 24.2 Å². The Balaban J connectivity index is 2.39. The minimum Gasteiger partial charge on any atom is -0.508 e. The van der Waals surface area contributed by atoms with Crippen LogP contribution in [0.1, 0.15) is 33.3 Å². The minimum absolute atomic E-state index is 0.0967. The van der Waals surface area contributed by atoms with Crippen molar-refractivity contribution in [3.63, 3.8) is 0 Å². The van der Waals surface area contributed by atoms with Gasteiger partial charge in [0.1, 0.15) is 5.75 Å². The third-order valence-electron chi connectivity index (χ3n) is 4.00. The first-order valence-corrected chi connectivity index (χ1v) is 6.78. The lowest BCUT2D eigenvalue weighted by Crippen LogP contribution is -2.41. The van der Waals surface area contributed by atoms with Gasteiger partial charge < -0.3 is 20.1 Å². The van der Waals surface area contributed by atoms with Gasteiger partial charge in [0.2, 0.25) is 5.91 Å². The number of phenols is 1. The summed E-state index contributed by atoms with van der Waals surface area (Å²) >= 11 is 0. The van der Waals surface area contributed by atoms with E-state index in [9.17, 15) is 9.90 Å². The Bertz CT molecular complexity index is 579. The second kappa shape index (κ2) is 5.20. The highest BCUT2D eigenvalue weighted by molar-refractivity contribution is 6.63. The molecule has 3 N–H and O–H groups in total. The number of carbonyl (C=O) groups is 1. The van der Waals surface area contributed by atoms with Crippen molar-refractivity contribution in [2.45, 2.75) is 38.9 Å². The molecule has 1 saturated heterocycles. The predicted octanol–water partition coefficient (Wildman–Crippen LogP) is 1.19. The molecule has 1 aliphatic heterocycles. The van der Waals surface area contributed by atoms with Crippen LogP contribution in [0.3, 0.4) is 0 Å². The molecule has 1 heterocycles. The van der Waals surface area contributed by atoms with Crippen molar-refractivity contribution in [2.24, 2.45) is 5.73 Å². The summed E-state index contributed by atoms with van der Waals surface area (Å²) in [6, 6.07) is 4.82. The lowest BCUT2D eigenvalue weighted by atomic mass is 9.75. The zero-order chi connectivity index (χ0) is 15.8. The molecule has 1 aromatic carbocycles. The van der Waals surface area contributed by atoms with Gasteiger partial charge in [-0.05, 0) is 56.9 Å². The van der Waals surface area contributed by atoms with Crippen LogP contribution in [0.4, 0.5) is 0 Å². The SMILES string of the molecule is CC1(C)OB(c2ccc(O)cc2C=CC(N)=O)OC1(C)C. The van der Waals surface area contributed by atoms with Gasteiger partial charge in [-0.2, -0.15) is 0 Å². The largest absolute Gasteiger partial charge is 0.508 e. The topological polar surface area (TPSA) is 81.8 Å². The maximum atomic E-state index is 10.9. The van der Waals surface area contributed by atoms with Crippen LogP contribution in [0.25, 0.3) is 6.08 Å². The molecule has 0 aliphatic carbocycles. The van der Waals surface area contributed by atoms with Crippen LogP contribution >= 0.6 is 0 Å². The van der Waals surface area contributed by atoms with E-state index in [4.69, 9.17) is 15.0 Å². The van der Waals surface area contributed by atoms with Crippen LogP contribution in [0.15, 0.2) is 24.3 Å². The molecule has 1 aliphatic rings. The molecular formula is C15H20BNO4. The number of hydrogen-bond acceptors (Lipinski definition) is 4. The minimum atomic E-state index is -0.567. The molecule has 1 amide bonds. The number of nitrogens with two attached hydrogens (primary N) is 1. The molecule has 0 saturated carbocycles. The third-order valence-corrected chi connectivity index (χ3v) is 4.00. The summed E-state index contributed by atoms with van der Waals surface area (Å²) in [5, 5.41) is 9.62. The summed E-state index contributed by atoms with van der Waals surface area (Å²) in [5.74, 6) is -0.461. The fraction of sp³-hybridized carbons (Fsp3) is 0.400. The molecule has 1 fully saturated rings. The van der Waals surface area contributed by atoms with E-state index in [0.717, 1.165) is 5.46 Å². The zero-order valence-corrected chi connectivity index (χ0v) is 12.7. The number of hydrogen-bond donors (Lipinski definition) is 2. The molecule has 0 atom stereocenters. The van der Waals surface area contributed by atoms with Gasteiger partial charge in [0.05, 0.1) is 11.2 Å². The van der Waals surface area contributed by atoms with Crippen LogP contribution in [-0.4, -0.2) is 29.3 Å². The molecule has 5 nitrogen and oxygen atoms in total. The molecule has 2 rings (SSSR count). The Kier molecular flexibility index (Phi) is 3.86. The van der Waals surface area contributed by atoms with E-state index in [-0.39, 0.29) is 5.75 Å². The third kappa shape index (κ3) is 3.11. The fourth-order valence-corrected chi connectivity index (χ4v) is 2.06. The van der Waals surface area contributed by atoms with E-state index >= 15 is 0 Å². The lowest BCUT2D eigenvalue weighted by Gasteiger charge is -2.32. The van der Waals surface area contributed by atoms with Crippen LogP contribution < -0.4 is 11.2 Å². The van der Waals surface area contributed by atoms with E-state index in [1.807, 2.05) is 27.7 Å². The molecule has 6 heteroatoms. The Morgan fingerprint density at radius 3 is 2.33 bits per heavy atom. The number of aromatic hydroxyl groups is 1. The summed E-state index contributed by atoms with van der Waals surface area (Å²) in [4.78, 5) is 10.9. The molecule has 112 valence electrons. The molecule has 1 aromatic rings. The molecule has 21 heavy (non-hydrogen) atoms. The Labute approximate surface area is 124 Å². The van der Waals surface area contributed by atoms with Crippen molar-refractivity contribution < 1.29 is 19.2 Å². The monoisotopic (exact) mass is 289 g/mol. The number of carbonyl (C=O) groups excluding carboxylic acids is 1. The molecule has 0 bridgehead atoms. The first-order valence-electron chi connectivity index (χ1n) is 6.78. The van der Waals surface area contributed by atoms with Gasteiger partial charge in [0.25, 0.3) is 0 Å². The van der Waals surface area contributed by atoms with Gasteiger partial charge in [0, 0.05) is 6.08 Å². The van der Waals surface area contributed by atoms with Crippen molar-refractivity contribution in [2.75, 3.05) is 0 Å². The summed E-state index contributed by atoms with van der Waals surface area (Å²) in [7, 11) is -0.567. The maximum Gasteiger partial charge on any atom is 0.495 e. The molecule has 0 unspecified atom stereocenters. The van der Waals surface area contributed by atoms with Crippen LogP contribution in [0, 0.1) is 0 Å². The molecule has 0 radical (unpaired) electrons. The number of phenolic OH excluding ortho intramolecular Hbond substituents is 1. The maximum absolute atomic E-state index is 10.9. The van der Waals surface area contributed by atoms with Gasteiger partial charge in [-0.1, -0.05) is 6.07 Å². The summed E-state index contributed by atoms with van der Waals surface area (Å²) in [6.45, 7) is 7.86. The first-order chi connectivity index (χ1) is 9.62. The van der Waals surface area contributed by atoms with Gasteiger partial charge >= 0.3 is 7.12 Å². The molecular weight excluding hydrogens is 269 g/mol. The van der Waals surface area contributed by atoms with Crippen LogP contribution in [-0.2, 0) is 14.1 Å². The number of rotatable bonds is 3. The fourth-order valence-electron chi connectivity index (χ4n) is 2.06. The molecule has 0 spiro atoms. The first kappa shape index (κ1) is 15.6.